The molecular formula is C20H17N3O3. The van der Waals surface area contributed by atoms with Gasteiger partial charge >= 0.3 is 0 Å². The summed E-state index contributed by atoms with van der Waals surface area (Å²) in [7, 11) is 0. The number of rotatable bonds is 3. The molecule has 1 aromatic carbocycles. The second-order valence-electron chi connectivity index (χ2n) is 7.62. The number of likely N-dealkylation sites (tertiary alicyclic amines) is 1. The number of benzene rings is 1. The van der Waals surface area contributed by atoms with Gasteiger partial charge in [-0.25, -0.2) is 0 Å². The number of anilines is 1. The Hall–Kier alpha value is -2.94. The highest BCUT2D eigenvalue weighted by molar-refractivity contribution is 6.09. The predicted molar refractivity (Wildman–Crippen MR) is 91.2 cm³/mol. The van der Waals surface area contributed by atoms with Crippen molar-refractivity contribution in [3.05, 3.63) is 42.0 Å². The third-order valence-corrected chi connectivity index (χ3v) is 6.38. The van der Waals surface area contributed by atoms with Gasteiger partial charge in [0.1, 0.15) is 12.6 Å². The minimum absolute atomic E-state index is 0.152. The molecule has 1 N–H and O–H groups in total. The van der Waals surface area contributed by atoms with E-state index in [9.17, 15) is 14.4 Å². The number of hydrogen-bond donors (Lipinski definition) is 1. The number of carbonyl (C=O) groups is 3. The van der Waals surface area contributed by atoms with Crippen LogP contribution in [0.4, 0.5) is 5.69 Å². The van der Waals surface area contributed by atoms with Crippen LogP contribution in [0.25, 0.3) is 0 Å². The van der Waals surface area contributed by atoms with Gasteiger partial charge in [0.25, 0.3) is 0 Å². The summed E-state index contributed by atoms with van der Waals surface area (Å²) in [5.74, 6) is -0.0857. The summed E-state index contributed by atoms with van der Waals surface area (Å²) in [6, 6.07) is 8.67. The zero-order chi connectivity index (χ0) is 18.0. The highest BCUT2D eigenvalue weighted by Crippen LogP contribution is 2.65. The molecule has 6 rings (SSSR count). The number of nitrogens with zero attached hydrogens (tertiary/aromatic N) is 2. The van der Waals surface area contributed by atoms with Crippen LogP contribution in [-0.4, -0.2) is 29.2 Å². The number of nitrogens with one attached hydrogen (secondary N) is 1. The van der Waals surface area contributed by atoms with Crippen molar-refractivity contribution in [3.63, 3.8) is 0 Å². The largest absolute Gasteiger partial charge is 0.323 e. The number of carbonyl (C=O) groups excluding carboxylic acids is 3. The van der Waals surface area contributed by atoms with Crippen LogP contribution in [0.1, 0.15) is 12.0 Å². The van der Waals surface area contributed by atoms with Crippen LogP contribution in [-0.2, 0) is 14.4 Å². The Morgan fingerprint density at radius 1 is 1.12 bits per heavy atom. The quantitative estimate of drug-likeness (QED) is 0.663. The molecule has 1 aliphatic heterocycles. The van der Waals surface area contributed by atoms with E-state index in [1.165, 1.54) is 0 Å². The molecule has 1 heterocycles. The van der Waals surface area contributed by atoms with Crippen molar-refractivity contribution in [2.45, 2.75) is 6.42 Å². The van der Waals surface area contributed by atoms with Gasteiger partial charge in [0.15, 0.2) is 0 Å². The lowest BCUT2D eigenvalue weighted by Crippen LogP contribution is -2.40. The summed E-state index contributed by atoms with van der Waals surface area (Å²) in [6.45, 7) is -0.292. The first-order chi connectivity index (χ1) is 12.6. The lowest BCUT2D eigenvalue weighted by Gasteiger charge is -2.37. The minimum atomic E-state index is -0.460. The molecule has 6 nitrogen and oxygen atoms in total. The molecule has 130 valence electrons. The van der Waals surface area contributed by atoms with Crippen molar-refractivity contribution in [1.82, 2.24) is 4.90 Å². The van der Waals surface area contributed by atoms with Gasteiger partial charge in [-0.2, -0.15) is 5.26 Å². The topological polar surface area (TPSA) is 90.3 Å². The normalized spacial score (nSPS) is 35.7. The number of allylic oxidation sites excluding steroid dienone is 2. The molecule has 26 heavy (non-hydrogen) atoms. The van der Waals surface area contributed by atoms with E-state index in [-0.39, 0.29) is 42.0 Å². The molecular weight excluding hydrogens is 330 g/mol. The number of nitriles is 1. The number of hydrogen-bond acceptors (Lipinski definition) is 4. The highest BCUT2D eigenvalue weighted by atomic mass is 16.2. The molecule has 0 aromatic heterocycles. The zero-order valence-corrected chi connectivity index (χ0v) is 14.0. The van der Waals surface area contributed by atoms with E-state index < -0.39 is 5.91 Å². The van der Waals surface area contributed by atoms with Gasteiger partial charge in [-0.05, 0) is 42.2 Å². The molecule has 6 atom stereocenters. The van der Waals surface area contributed by atoms with Crippen molar-refractivity contribution in [3.8, 4) is 6.07 Å². The average Bonchev–Trinajstić information content (AvgIpc) is 3.43. The lowest BCUT2D eigenvalue weighted by molar-refractivity contribution is -0.142. The fourth-order valence-corrected chi connectivity index (χ4v) is 5.20. The summed E-state index contributed by atoms with van der Waals surface area (Å²) in [4.78, 5) is 39.2. The fourth-order valence-electron chi connectivity index (χ4n) is 5.20. The molecule has 5 aliphatic rings. The minimum Gasteiger partial charge on any atom is -0.323 e. The standard InChI is InChI=1S/C20H17N3O3/c21-8-10-3-1-2-4-15(10)22-16(24)9-23-19(25)17-11-5-6-12(14-7-13(11)14)18(17)20(23)26/h1-6,11-14,17-18H,7,9H2,(H,22,24)/t11-,12-,13-,14+,17-,18+/m0/s1. The number of amides is 3. The maximum Gasteiger partial charge on any atom is 0.244 e. The molecule has 0 spiro atoms. The molecule has 2 bridgehead atoms. The first kappa shape index (κ1) is 15.3. The molecule has 6 heteroatoms. The van der Waals surface area contributed by atoms with Crippen LogP contribution >= 0.6 is 0 Å². The summed E-state index contributed by atoms with van der Waals surface area (Å²) in [5.41, 5.74) is 0.732. The SMILES string of the molecule is N#Cc1ccccc1NC(=O)CN1C(=O)[C@@H]2[C@H]3C=C[C@@H]([C@@H]4C[C@H]34)[C@@H]2C1=O. The van der Waals surface area contributed by atoms with E-state index in [1.807, 2.05) is 6.07 Å². The van der Waals surface area contributed by atoms with Gasteiger partial charge in [0.2, 0.25) is 17.7 Å². The monoisotopic (exact) mass is 347 g/mol. The molecule has 4 aliphatic carbocycles. The van der Waals surface area contributed by atoms with Crippen LogP contribution in [0, 0.1) is 46.8 Å². The third-order valence-electron chi connectivity index (χ3n) is 6.38. The van der Waals surface area contributed by atoms with Gasteiger partial charge in [-0.3, -0.25) is 19.3 Å². The Kier molecular flexibility index (Phi) is 3.11. The Morgan fingerprint density at radius 3 is 2.35 bits per heavy atom. The Morgan fingerprint density at radius 2 is 1.73 bits per heavy atom. The second kappa shape index (κ2) is 5.28. The van der Waals surface area contributed by atoms with Crippen molar-refractivity contribution >= 4 is 23.4 Å². The van der Waals surface area contributed by atoms with Crippen LogP contribution in [0.3, 0.4) is 0 Å². The summed E-state index contributed by atoms with van der Waals surface area (Å²) >= 11 is 0. The zero-order valence-electron chi connectivity index (χ0n) is 14.0. The molecule has 0 radical (unpaired) electrons. The maximum absolute atomic E-state index is 12.9. The smallest absolute Gasteiger partial charge is 0.244 e. The van der Waals surface area contributed by atoms with Crippen molar-refractivity contribution in [2.24, 2.45) is 35.5 Å². The van der Waals surface area contributed by atoms with E-state index in [2.05, 4.69) is 17.5 Å². The predicted octanol–water partition coefficient (Wildman–Crippen LogP) is 1.55. The second-order valence-corrected chi connectivity index (χ2v) is 7.62. The van der Waals surface area contributed by atoms with Gasteiger partial charge in [-0.15, -0.1) is 0 Å². The lowest BCUT2D eigenvalue weighted by atomic mass is 9.63. The van der Waals surface area contributed by atoms with E-state index in [4.69, 9.17) is 5.26 Å². The van der Waals surface area contributed by atoms with E-state index in [0.29, 0.717) is 23.1 Å². The average molecular weight is 347 g/mol. The third kappa shape index (κ3) is 2.00. The van der Waals surface area contributed by atoms with Crippen molar-refractivity contribution in [2.75, 3.05) is 11.9 Å². The van der Waals surface area contributed by atoms with Crippen LogP contribution in [0.15, 0.2) is 36.4 Å². The van der Waals surface area contributed by atoms with Gasteiger partial charge in [0.05, 0.1) is 23.1 Å². The Labute approximate surface area is 150 Å². The number of para-hydroxylation sites is 1. The maximum atomic E-state index is 12.9. The first-order valence-corrected chi connectivity index (χ1v) is 8.92. The van der Waals surface area contributed by atoms with E-state index in [0.717, 1.165) is 11.3 Å². The molecule has 1 aromatic rings. The number of imide groups is 1. The first-order valence-electron chi connectivity index (χ1n) is 8.92. The Bertz CT molecular complexity index is 879. The van der Waals surface area contributed by atoms with Crippen molar-refractivity contribution in [1.29, 1.82) is 5.26 Å². The molecule has 2 saturated carbocycles. The van der Waals surface area contributed by atoms with Crippen LogP contribution in [0.5, 0.6) is 0 Å². The fraction of sp³-hybridized carbons (Fsp3) is 0.400. The molecule has 3 fully saturated rings. The molecule has 1 saturated heterocycles. The van der Waals surface area contributed by atoms with Crippen LogP contribution in [0.2, 0.25) is 0 Å². The van der Waals surface area contributed by atoms with E-state index >= 15 is 0 Å². The molecule has 3 amide bonds. The van der Waals surface area contributed by atoms with Gasteiger partial charge < -0.3 is 5.32 Å². The van der Waals surface area contributed by atoms with Gasteiger partial charge in [-0.1, -0.05) is 24.3 Å². The summed E-state index contributed by atoms with van der Waals surface area (Å²) in [5, 5.41) is 11.8. The Balaban J connectivity index is 1.34. The summed E-state index contributed by atoms with van der Waals surface area (Å²) < 4.78 is 0. The summed E-state index contributed by atoms with van der Waals surface area (Å²) in [6.07, 6.45) is 5.33. The van der Waals surface area contributed by atoms with Gasteiger partial charge in [0, 0.05) is 0 Å². The highest BCUT2D eigenvalue weighted by Gasteiger charge is 2.67. The van der Waals surface area contributed by atoms with E-state index in [1.54, 1.807) is 24.3 Å². The van der Waals surface area contributed by atoms with Crippen LogP contribution < -0.4 is 5.32 Å². The van der Waals surface area contributed by atoms with Crippen molar-refractivity contribution < 1.29 is 14.4 Å². The molecule has 0 unspecified atom stereocenters.